The van der Waals surface area contributed by atoms with Crippen LogP contribution in [-0.4, -0.2) is 38.7 Å². The highest BCUT2D eigenvalue weighted by Crippen LogP contribution is 2.31. The zero-order chi connectivity index (χ0) is 19.3. The Morgan fingerprint density at radius 1 is 1.00 bits per heavy atom. The van der Waals surface area contributed by atoms with Crippen LogP contribution in [0.15, 0.2) is 64.2 Å². The van der Waals surface area contributed by atoms with Gasteiger partial charge in [-0.2, -0.15) is 0 Å². The molecular formula is C21H23BrN4OS. The van der Waals surface area contributed by atoms with Gasteiger partial charge in [-0.25, -0.2) is 0 Å². The van der Waals surface area contributed by atoms with Crippen LogP contribution in [0.3, 0.4) is 0 Å². The van der Waals surface area contributed by atoms with Crippen LogP contribution in [-0.2, 0) is 0 Å². The van der Waals surface area contributed by atoms with E-state index in [1.807, 2.05) is 42.5 Å². The van der Waals surface area contributed by atoms with Gasteiger partial charge in [0.15, 0.2) is 5.16 Å². The Balaban J connectivity index is 1.59. The first-order valence-corrected chi connectivity index (χ1v) is 11.3. The summed E-state index contributed by atoms with van der Waals surface area (Å²) in [6.07, 6.45) is 3.08. The number of anilines is 1. The van der Waals surface area contributed by atoms with E-state index in [1.54, 1.807) is 0 Å². The molecule has 0 radical (unpaired) electrons. The molecule has 1 N–H and O–H groups in total. The summed E-state index contributed by atoms with van der Waals surface area (Å²) in [5.74, 6) is 1.41. The van der Waals surface area contributed by atoms with Crippen LogP contribution >= 0.6 is 27.7 Å². The molecule has 0 bridgehead atoms. The molecule has 28 heavy (non-hydrogen) atoms. The lowest BCUT2D eigenvalue weighted by molar-refractivity contribution is 0.204. The van der Waals surface area contributed by atoms with Crippen LogP contribution in [0.25, 0.3) is 5.69 Å². The van der Waals surface area contributed by atoms with Gasteiger partial charge in [0.2, 0.25) is 5.95 Å². The minimum Gasteiger partial charge on any atom is -0.388 e. The molecule has 1 atom stereocenters. The summed E-state index contributed by atoms with van der Waals surface area (Å²) in [4.78, 5) is 2.32. The predicted octanol–water partition coefficient (Wildman–Crippen LogP) is 4.85. The van der Waals surface area contributed by atoms with Gasteiger partial charge in [-0.05, 0) is 49.1 Å². The second kappa shape index (κ2) is 9.11. The molecule has 2 heterocycles. The molecule has 3 aromatic rings. The van der Waals surface area contributed by atoms with Crippen molar-refractivity contribution in [1.29, 1.82) is 0 Å². The number of aromatic nitrogens is 3. The summed E-state index contributed by atoms with van der Waals surface area (Å²) >= 11 is 5.00. The van der Waals surface area contributed by atoms with E-state index in [9.17, 15) is 5.11 Å². The molecule has 1 saturated heterocycles. The second-order valence-corrected chi connectivity index (χ2v) is 8.79. The van der Waals surface area contributed by atoms with Gasteiger partial charge in [0.1, 0.15) is 0 Å². The maximum absolute atomic E-state index is 10.6. The number of hydrogen-bond donors (Lipinski definition) is 1. The molecule has 0 saturated carbocycles. The largest absolute Gasteiger partial charge is 0.388 e. The molecule has 146 valence electrons. The van der Waals surface area contributed by atoms with Crippen molar-refractivity contribution in [2.45, 2.75) is 30.5 Å². The Morgan fingerprint density at radius 2 is 1.79 bits per heavy atom. The summed E-state index contributed by atoms with van der Waals surface area (Å²) in [7, 11) is 0. The van der Waals surface area contributed by atoms with Crippen LogP contribution in [0.1, 0.15) is 30.9 Å². The topological polar surface area (TPSA) is 54.2 Å². The molecule has 2 aromatic carbocycles. The fraction of sp³-hybridized carbons (Fsp3) is 0.333. The first-order chi connectivity index (χ1) is 13.7. The number of nitrogens with zero attached hydrogens (tertiary/aromatic N) is 4. The number of hydrogen-bond acceptors (Lipinski definition) is 5. The summed E-state index contributed by atoms with van der Waals surface area (Å²) < 4.78 is 3.08. The molecule has 0 aliphatic carbocycles. The molecule has 0 spiro atoms. The number of thioether (sulfide) groups is 1. The van der Waals surface area contributed by atoms with E-state index < -0.39 is 6.10 Å². The lowest BCUT2D eigenvalue weighted by atomic mass is 10.1. The van der Waals surface area contributed by atoms with E-state index in [-0.39, 0.29) is 0 Å². The molecule has 4 rings (SSSR count). The lowest BCUT2D eigenvalue weighted by Gasteiger charge is -2.27. The van der Waals surface area contributed by atoms with Crippen molar-refractivity contribution in [2.24, 2.45) is 0 Å². The third kappa shape index (κ3) is 4.42. The Bertz CT molecular complexity index is 912. The average Bonchev–Trinajstić information content (AvgIpc) is 3.17. The molecular weight excluding hydrogens is 436 g/mol. The number of para-hydroxylation sites is 1. The van der Waals surface area contributed by atoms with Gasteiger partial charge in [-0.15, -0.1) is 10.2 Å². The summed E-state index contributed by atoms with van der Waals surface area (Å²) in [5, 5.41) is 20.4. The van der Waals surface area contributed by atoms with Crippen molar-refractivity contribution in [3.8, 4) is 5.69 Å². The summed E-state index contributed by atoms with van der Waals surface area (Å²) in [6.45, 7) is 2.02. The van der Waals surface area contributed by atoms with Crippen molar-refractivity contribution < 1.29 is 5.11 Å². The van der Waals surface area contributed by atoms with Crippen LogP contribution < -0.4 is 4.90 Å². The zero-order valence-corrected chi connectivity index (χ0v) is 17.9. The Hall–Kier alpha value is -1.83. The minimum atomic E-state index is -0.568. The van der Waals surface area contributed by atoms with Gasteiger partial charge in [-0.3, -0.25) is 4.57 Å². The van der Waals surface area contributed by atoms with Crippen molar-refractivity contribution in [2.75, 3.05) is 23.7 Å². The number of rotatable bonds is 6. The Labute approximate surface area is 177 Å². The molecule has 0 amide bonds. The number of aliphatic hydroxyl groups excluding tert-OH is 1. The van der Waals surface area contributed by atoms with Gasteiger partial charge >= 0.3 is 0 Å². The fourth-order valence-corrected chi connectivity index (χ4v) is 4.75. The van der Waals surface area contributed by atoms with Crippen LogP contribution in [0.2, 0.25) is 0 Å². The zero-order valence-electron chi connectivity index (χ0n) is 15.5. The SMILES string of the molecule is OC(CSc1nnc(N2CCCCC2)n1-c1ccccc1)c1cccc(Br)c1. The van der Waals surface area contributed by atoms with Crippen molar-refractivity contribution in [3.05, 3.63) is 64.6 Å². The van der Waals surface area contributed by atoms with Crippen LogP contribution in [0, 0.1) is 0 Å². The molecule has 5 nitrogen and oxygen atoms in total. The monoisotopic (exact) mass is 458 g/mol. The Morgan fingerprint density at radius 3 is 2.54 bits per heavy atom. The third-order valence-corrected chi connectivity index (χ3v) is 6.37. The Kier molecular flexibility index (Phi) is 6.34. The van der Waals surface area contributed by atoms with E-state index in [1.165, 1.54) is 31.0 Å². The normalized spacial score (nSPS) is 15.6. The molecule has 1 aliphatic heterocycles. The smallest absolute Gasteiger partial charge is 0.232 e. The van der Waals surface area contributed by atoms with Crippen molar-refractivity contribution in [3.63, 3.8) is 0 Å². The molecule has 7 heteroatoms. The van der Waals surface area contributed by atoms with Crippen molar-refractivity contribution >= 4 is 33.6 Å². The average molecular weight is 459 g/mol. The van der Waals surface area contributed by atoms with Gasteiger partial charge in [0.25, 0.3) is 0 Å². The van der Waals surface area contributed by atoms with E-state index in [0.717, 1.165) is 39.9 Å². The minimum absolute atomic E-state index is 0.515. The van der Waals surface area contributed by atoms with Gasteiger partial charge in [0, 0.05) is 23.3 Å². The van der Waals surface area contributed by atoms with Crippen LogP contribution in [0.4, 0.5) is 5.95 Å². The van der Waals surface area contributed by atoms with E-state index >= 15 is 0 Å². The second-order valence-electron chi connectivity index (χ2n) is 6.88. The highest BCUT2D eigenvalue weighted by atomic mass is 79.9. The predicted molar refractivity (Wildman–Crippen MR) is 117 cm³/mol. The quantitative estimate of drug-likeness (QED) is 0.535. The van der Waals surface area contributed by atoms with Crippen molar-refractivity contribution in [1.82, 2.24) is 14.8 Å². The molecule has 1 aromatic heterocycles. The van der Waals surface area contributed by atoms with Gasteiger partial charge in [-0.1, -0.05) is 58.0 Å². The maximum atomic E-state index is 10.6. The molecule has 1 aliphatic rings. The fourth-order valence-electron chi connectivity index (χ4n) is 3.42. The van der Waals surface area contributed by atoms with Gasteiger partial charge in [0.05, 0.1) is 11.8 Å². The first-order valence-electron chi connectivity index (χ1n) is 9.54. The maximum Gasteiger partial charge on any atom is 0.232 e. The number of piperidine rings is 1. The van der Waals surface area contributed by atoms with E-state index in [0.29, 0.717) is 5.75 Å². The summed E-state index contributed by atoms with van der Waals surface area (Å²) in [6, 6.07) is 18.0. The third-order valence-electron chi connectivity index (χ3n) is 4.87. The molecule has 1 fully saturated rings. The van der Waals surface area contributed by atoms with Crippen LogP contribution in [0.5, 0.6) is 0 Å². The number of halogens is 1. The van der Waals surface area contributed by atoms with Gasteiger partial charge < -0.3 is 10.0 Å². The number of benzene rings is 2. The lowest BCUT2D eigenvalue weighted by Crippen LogP contribution is -2.31. The molecule has 1 unspecified atom stereocenters. The van der Waals surface area contributed by atoms with E-state index in [2.05, 4.69) is 47.7 Å². The number of aliphatic hydroxyl groups is 1. The standard InChI is InChI=1S/C21H23BrN4OS/c22-17-9-7-8-16(14-17)19(27)15-28-21-24-23-20(25-12-5-2-6-13-25)26(21)18-10-3-1-4-11-18/h1,3-4,7-11,14,19,27H,2,5-6,12-13,15H2. The highest BCUT2D eigenvalue weighted by Gasteiger charge is 2.22. The first kappa shape index (κ1) is 19.5. The summed E-state index contributed by atoms with van der Waals surface area (Å²) in [5.41, 5.74) is 1.94. The highest BCUT2D eigenvalue weighted by molar-refractivity contribution is 9.10. The van der Waals surface area contributed by atoms with E-state index in [4.69, 9.17) is 0 Å².